The van der Waals surface area contributed by atoms with E-state index in [4.69, 9.17) is 16.3 Å². The highest BCUT2D eigenvalue weighted by Gasteiger charge is 2.30. The van der Waals surface area contributed by atoms with Crippen molar-refractivity contribution in [2.75, 3.05) is 20.3 Å². The molecule has 1 unspecified atom stereocenters. The Morgan fingerprint density at radius 2 is 2.39 bits per heavy atom. The van der Waals surface area contributed by atoms with Gasteiger partial charge in [0.05, 0.1) is 25.3 Å². The number of hydrogen-bond donors (Lipinski definition) is 1. The molecule has 5 heteroatoms. The number of carbonyl (C=O) groups excluding carboxylic acids is 1. The van der Waals surface area contributed by atoms with Gasteiger partial charge in [-0.3, -0.25) is 4.79 Å². The predicted octanol–water partition coefficient (Wildman–Crippen LogP) is 1.95. The van der Waals surface area contributed by atoms with Gasteiger partial charge in [-0.25, -0.2) is 0 Å². The van der Waals surface area contributed by atoms with Crippen molar-refractivity contribution in [1.29, 1.82) is 0 Å². The van der Waals surface area contributed by atoms with Gasteiger partial charge in [-0.1, -0.05) is 11.6 Å². The van der Waals surface area contributed by atoms with Crippen LogP contribution in [0.4, 0.5) is 0 Å². The molecule has 0 radical (unpaired) electrons. The van der Waals surface area contributed by atoms with Crippen molar-refractivity contribution < 1.29 is 14.6 Å². The molecule has 1 aliphatic rings. The SMILES string of the molecule is COc1ccc(Cl)cc1C(=O)N1CCCC1CO. The fourth-order valence-corrected chi connectivity index (χ4v) is 2.47. The van der Waals surface area contributed by atoms with Crippen LogP contribution in [0.5, 0.6) is 5.75 Å². The van der Waals surface area contributed by atoms with Crippen molar-refractivity contribution >= 4 is 17.5 Å². The molecule has 0 saturated carbocycles. The van der Waals surface area contributed by atoms with E-state index in [1.54, 1.807) is 23.1 Å². The molecule has 1 amide bonds. The molecule has 1 aromatic carbocycles. The van der Waals surface area contributed by atoms with Crippen molar-refractivity contribution in [2.24, 2.45) is 0 Å². The summed E-state index contributed by atoms with van der Waals surface area (Å²) in [6, 6.07) is 4.88. The number of halogens is 1. The van der Waals surface area contributed by atoms with E-state index in [0.717, 1.165) is 12.8 Å². The molecule has 0 aromatic heterocycles. The van der Waals surface area contributed by atoms with E-state index in [0.29, 0.717) is 22.9 Å². The van der Waals surface area contributed by atoms with Crippen LogP contribution in [-0.2, 0) is 0 Å². The van der Waals surface area contributed by atoms with Gasteiger partial charge in [-0.15, -0.1) is 0 Å². The van der Waals surface area contributed by atoms with Crippen LogP contribution >= 0.6 is 11.6 Å². The molecule has 0 spiro atoms. The van der Waals surface area contributed by atoms with Gasteiger partial charge in [-0.2, -0.15) is 0 Å². The van der Waals surface area contributed by atoms with Gasteiger partial charge in [0.2, 0.25) is 0 Å². The molecule has 0 bridgehead atoms. The highest BCUT2D eigenvalue weighted by Crippen LogP contribution is 2.27. The Morgan fingerprint density at radius 3 is 3.06 bits per heavy atom. The largest absolute Gasteiger partial charge is 0.496 e. The normalized spacial score (nSPS) is 19.1. The summed E-state index contributed by atoms with van der Waals surface area (Å²) < 4.78 is 5.18. The highest BCUT2D eigenvalue weighted by atomic mass is 35.5. The third kappa shape index (κ3) is 2.44. The first-order valence-electron chi connectivity index (χ1n) is 5.92. The third-order valence-corrected chi connectivity index (χ3v) is 3.48. The predicted molar refractivity (Wildman–Crippen MR) is 69.1 cm³/mol. The Morgan fingerprint density at radius 1 is 1.61 bits per heavy atom. The fraction of sp³-hybridized carbons (Fsp3) is 0.462. The number of ether oxygens (including phenoxy) is 1. The lowest BCUT2D eigenvalue weighted by Gasteiger charge is -2.23. The summed E-state index contributed by atoms with van der Waals surface area (Å²) in [6.07, 6.45) is 1.75. The molecule has 1 N–H and O–H groups in total. The summed E-state index contributed by atoms with van der Waals surface area (Å²) in [5.41, 5.74) is 0.449. The number of nitrogens with zero attached hydrogens (tertiary/aromatic N) is 1. The van der Waals surface area contributed by atoms with Crippen LogP contribution in [0, 0.1) is 0 Å². The van der Waals surface area contributed by atoms with Crippen LogP contribution in [0.15, 0.2) is 18.2 Å². The second kappa shape index (κ2) is 5.59. The first-order valence-corrected chi connectivity index (χ1v) is 6.30. The molecule has 1 aromatic rings. The molecule has 1 saturated heterocycles. The first-order chi connectivity index (χ1) is 8.67. The van der Waals surface area contributed by atoms with Gasteiger partial charge in [-0.05, 0) is 31.0 Å². The van der Waals surface area contributed by atoms with Crippen molar-refractivity contribution in [2.45, 2.75) is 18.9 Å². The Labute approximate surface area is 111 Å². The van der Waals surface area contributed by atoms with E-state index in [1.807, 2.05) is 0 Å². The molecule has 2 rings (SSSR count). The Hall–Kier alpha value is -1.26. The summed E-state index contributed by atoms with van der Waals surface area (Å²) in [4.78, 5) is 14.1. The van der Waals surface area contributed by atoms with Crippen molar-refractivity contribution in [3.05, 3.63) is 28.8 Å². The number of amides is 1. The van der Waals surface area contributed by atoms with Gasteiger partial charge in [0.15, 0.2) is 0 Å². The Balaban J connectivity index is 2.30. The molecule has 98 valence electrons. The Bertz CT molecular complexity index is 450. The zero-order chi connectivity index (χ0) is 13.1. The number of aliphatic hydroxyl groups is 1. The van der Waals surface area contributed by atoms with E-state index in [1.165, 1.54) is 7.11 Å². The molecule has 1 atom stereocenters. The maximum Gasteiger partial charge on any atom is 0.258 e. The van der Waals surface area contributed by atoms with Crippen LogP contribution in [0.2, 0.25) is 5.02 Å². The maximum atomic E-state index is 12.4. The fourth-order valence-electron chi connectivity index (χ4n) is 2.29. The smallest absolute Gasteiger partial charge is 0.258 e. The van der Waals surface area contributed by atoms with Crippen LogP contribution in [0.1, 0.15) is 23.2 Å². The van der Waals surface area contributed by atoms with Gasteiger partial charge < -0.3 is 14.7 Å². The van der Waals surface area contributed by atoms with E-state index in [-0.39, 0.29) is 18.6 Å². The first kappa shape index (κ1) is 13.2. The quantitative estimate of drug-likeness (QED) is 0.912. The number of benzene rings is 1. The van der Waals surface area contributed by atoms with Crippen molar-refractivity contribution in [3.63, 3.8) is 0 Å². The van der Waals surface area contributed by atoms with Gasteiger partial charge in [0.25, 0.3) is 5.91 Å². The molecule has 1 aliphatic heterocycles. The van der Waals surface area contributed by atoms with Crippen LogP contribution < -0.4 is 4.74 Å². The van der Waals surface area contributed by atoms with E-state index in [2.05, 4.69) is 0 Å². The third-order valence-electron chi connectivity index (χ3n) is 3.24. The lowest BCUT2D eigenvalue weighted by molar-refractivity contribution is 0.0674. The summed E-state index contributed by atoms with van der Waals surface area (Å²) in [6.45, 7) is 0.661. The minimum absolute atomic E-state index is 0.00534. The average molecular weight is 270 g/mol. The molecule has 0 aliphatic carbocycles. The number of likely N-dealkylation sites (tertiary alicyclic amines) is 1. The lowest BCUT2D eigenvalue weighted by Crippen LogP contribution is -2.37. The minimum atomic E-state index is -0.133. The number of rotatable bonds is 3. The summed E-state index contributed by atoms with van der Waals surface area (Å²) in [5, 5.41) is 9.76. The van der Waals surface area contributed by atoms with Crippen molar-refractivity contribution in [3.8, 4) is 5.75 Å². The topological polar surface area (TPSA) is 49.8 Å². The van der Waals surface area contributed by atoms with Crippen LogP contribution in [-0.4, -0.2) is 42.2 Å². The van der Waals surface area contributed by atoms with Crippen molar-refractivity contribution in [1.82, 2.24) is 4.90 Å². The second-order valence-corrected chi connectivity index (χ2v) is 4.76. The summed E-state index contributed by atoms with van der Waals surface area (Å²) in [5.74, 6) is 0.374. The van der Waals surface area contributed by atoms with Gasteiger partial charge >= 0.3 is 0 Å². The highest BCUT2D eigenvalue weighted by molar-refractivity contribution is 6.31. The molecular weight excluding hydrogens is 254 g/mol. The number of aliphatic hydroxyl groups excluding tert-OH is 1. The molecule has 1 fully saturated rings. The van der Waals surface area contributed by atoms with E-state index < -0.39 is 0 Å². The van der Waals surface area contributed by atoms with Gasteiger partial charge in [0, 0.05) is 11.6 Å². The zero-order valence-corrected chi connectivity index (χ0v) is 11.0. The molecule has 18 heavy (non-hydrogen) atoms. The molecule has 1 heterocycles. The zero-order valence-electron chi connectivity index (χ0n) is 10.2. The van der Waals surface area contributed by atoms with Gasteiger partial charge in [0.1, 0.15) is 5.75 Å². The van der Waals surface area contributed by atoms with Crippen LogP contribution in [0.3, 0.4) is 0 Å². The monoisotopic (exact) mass is 269 g/mol. The number of methoxy groups -OCH3 is 1. The van der Waals surface area contributed by atoms with E-state index >= 15 is 0 Å². The van der Waals surface area contributed by atoms with E-state index in [9.17, 15) is 9.90 Å². The van der Waals surface area contributed by atoms with Crippen LogP contribution in [0.25, 0.3) is 0 Å². The second-order valence-electron chi connectivity index (χ2n) is 4.32. The standard InChI is InChI=1S/C13H16ClNO3/c1-18-12-5-4-9(14)7-11(12)13(17)15-6-2-3-10(15)8-16/h4-5,7,10,16H,2-3,6,8H2,1H3. The molecular formula is C13H16ClNO3. The number of hydrogen-bond acceptors (Lipinski definition) is 3. The average Bonchev–Trinajstić information content (AvgIpc) is 2.86. The maximum absolute atomic E-state index is 12.4. The minimum Gasteiger partial charge on any atom is -0.496 e. The lowest BCUT2D eigenvalue weighted by atomic mass is 10.1. The summed E-state index contributed by atoms with van der Waals surface area (Å²) in [7, 11) is 1.52. The Kier molecular flexibility index (Phi) is 4.09. The molecule has 4 nitrogen and oxygen atoms in total. The number of carbonyl (C=O) groups is 1. The summed E-state index contributed by atoms with van der Waals surface area (Å²) >= 11 is 5.92.